The van der Waals surface area contributed by atoms with Crippen LogP contribution < -0.4 is 0 Å². The maximum atomic E-state index is 13.8. The molecule has 0 aliphatic carbocycles. The van der Waals surface area contributed by atoms with Gasteiger partial charge in [0.2, 0.25) is 0 Å². The fourth-order valence-corrected chi connectivity index (χ4v) is 2.33. The molecular weight excluding hydrogens is 267 g/mol. The Labute approximate surface area is 114 Å². The first-order valence-electron chi connectivity index (χ1n) is 5.98. The third-order valence-corrected chi connectivity index (χ3v) is 3.20. The summed E-state index contributed by atoms with van der Waals surface area (Å²) < 4.78 is 21.0. The average Bonchev–Trinajstić information content (AvgIpc) is 2.99. The van der Waals surface area contributed by atoms with E-state index in [9.17, 15) is 4.39 Å². The third kappa shape index (κ3) is 2.12. The van der Waals surface area contributed by atoms with Crippen LogP contribution in [0.25, 0.3) is 11.0 Å². The number of aromatic nitrogens is 2. The number of alkyl halides is 1. The summed E-state index contributed by atoms with van der Waals surface area (Å²) in [6, 6.07) is 8.58. The van der Waals surface area contributed by atoms with Gasteiger partial charge in [-0.2, -0.15) is 0 Å². The summed E-state index contributed by atoms with van der Waals surface area (Å²) in [7, 11) is 0. The zero-order valence-electron chi connectivity index (χ0n) is 10.3. The van der Waals surface area contributed by atoms with Crippen molar-refractivity contribution in [1.29, 1.82) is 0 Å². The summed E-state index contributed by atoms with van der Waals surface area (Å²) in [6.07, 6.45) is 1.61. The Balaban J connectivity index is 2.19. The Morgan fingerprint density at radius 2 is 2.21 bits per heavy atom. The van der Waals surface area contributed by atoms with Crippen LogP contribution in [0.3, 0.4) is 0 Å². The summed E-state index contributed by atoms with van der Waals surface area (Å²) in [4.78, 5) is 4.31. The highest BCUT2D eigenvalue weighted by atomic mass is 35.5. The first kappa shape index (κ1) is 12.2. The van der Waals surface area contributed by atoms with Crippen molar-refractivity contribution in [3.63, 3.8) is 0 Å². The SMILES string of the molecule is CC(Cl)c1nc2c(F)cccc2n1Cc1ccco1. The molecular formula is C14H12ClFN2O. The second-order valence-corrected chi connectivity index (χ2v) is 5.01. The topological polar surface area (TPSA) is 31.0 Å². The second kappa shape index (κ2) is 4.70. The Morgan fingerprint density at radius 1 is 1.37 bits per heavy atom. The van der Waals surface area contributed by atoms with Gasteiger partial charge < -0.3 is 8.98 Å². The number of hydrogen-bond donors (Lipinski definition) is 0. The smallest absolute Gasteiger partial charge is 0.151 e. The molecule has 1 unspecified atom stereocenters. The predicted octanol–water partition coefficient (Wildman–Crippen LogP) is 4.12. The van der Waals surface area contributed by atoms with Gasteiger partial charge in [0, 0.05) is 0 Å². The highest BCUT2D eigenvalue weighted by Crippen LogP contribution is 2.26. The molecule has 3 nitrogen and oxygen atoms in total. The van der Waals surface area contributed by atoms with Gasteiger partial charge >= 0.3 is 0 Å². The summed E-state index contributed by atoms with van der Waals surface area (Å²) in [5.74, 6) is 1.08. The lowest BCUT2D eigenvalue weighted by Gasteiger charge is -2.08. The molecule has 3 aromatic rings. The molecule has 2 aromatic heterocycles. The molecule has 0 spiro atoms. The maximum Gasteiger partial charge on any atom is 0.151 e. The van der Waals surface area contributed by atoms with Crippen molar-refractivity contribution in [3.05, 3.63) is 54.0 Å². The molecule has 19 heavy (non-hydrogen) atoms. The van der Waals surface area contributed by atoms with Crippen molar-refractivity contribution in [2.75, 3.05) is 0 Å². The molecule has 0 radical (unpaired) electrons. The molecule has 0 saturated heterocycles. The molecule has 0 bridgehead atoms. The average molecular weight is 279 g/mol. The number of fused-ring (bicyclic) bond motifs is 1. The molecule has 5 heteroatoms. The van der Waals surface area contributed by atoms with Crippen LogP contribution in [-0.4, -0.2) is 9.55 Å². The van der Waals surface area contributed by atoms with Gasteiger partial charge in [-0.3, -0.25) is 0 Å². The van der Waals surface area contributed by atoms with Crippen LogP contribution in [0.4, 0.5) is 4.39 Å². The number of para-hydroxylation sites is 1. The molecule has 0 N–H and O–H groups in total. The van der Waals surface area contributed by atoms with Gasteiger partial charge in [0.1, 0.15) is 17.1 Å². The first-order valence-corrected chi connectivity index (χ1v) is 6.41. The van der Waals surface area contributed by atoms with Crippen LogP contribution >= 0.6 is 11.6 Å². The van der Waals surface area contributed by atoms with E-state index in [0.29, 0.717) is 17.9 Å². The number of nitrogens with zero attached hydrogens (tertiary/aromatic N) is 2. The van der Waals surface area contributed by atoms with Gasteiger partial charge in [-0.15, -0.1) is 11.6 Å². The monoisotopic (exact) mass is 278 g/mol. The first-order chi connectivity index (χ1) is 9.16. The Hall–Kier alpha value is -1.81. The van der Waals surface area contributed by atoms with Crippen LogP contribution in [-0.2, 0) is 6.54 Å². The van der Waals surface area contributed by atoms with Crippen LogP contribution in [0, 0.1) is 5.82 Å². The molecule has 0 aliphatic rings. The number of imidazole rings is 1. The number of furan rings is 1. The van der Waals surface area contributed by atoms with Gasteiger partial charge in [0.25, 0.3) is 0 Å². The minimum atomic E-state index is -0.339. The van der Waals surface area contributed by atoms with E-state index < -0.39 is 0 Å². The van der Waals surface area contributed by atoms with E-state index in [2.05, 4.69) is 4.98 Å². The molecule has 0 aliphatic heterocycles. The lowest BCUT2D eigenvalue weighted by molar-refractivity contribution is 0.492. The van der Waals surface area contributed by atoms with Crippen molar-refractivity contribution in [3.8, 4) is 0 Å². The Kier molecular flexibility index (Phi) is 3.03. The summed E-state index contributed by atoms with van der Waals surface area (Å²) in [5, 5.41) is -0.304. The fraction of sp³-hybridized carbons (Fsp3) is 0.214. The lowest BCUT2D eigenvalue weighted by atomic mass is 10.3. The molecule has 2 heterocycles. The molecule has 3 rings (SSSR count). The van der Waals surface area contributed by atoms with Crippen molar-refractivity contribution >= 4 is 22.6 Å². The highest BCUT2D eigenvalue weighted by Gasteiger charge is 2.17. The van der Waals surface area contributed by atoms with Gasteiger partial charge in [-0.1, -0.05) is 6.07 Å². The zero-order chi connectivity index (χ0) is 13.4. The van der Waals surface area contributed by atoms with Crippen LogP contribution in [0.15, 0.2) is 41.0 Å². The minimum absolute atomic E-state index is 0.304. The van der Waals surface area contributed by atoms with E-state index in [0.717, 1.165) is 11.3 Å². The molecule has 98 valence electrons. The van der Waals surface area contributed by atoms with E-state index in [1.54, 1.807) is 12.3 Å². The van der Waals surface area contributed by atoms with Crippen LogP contribution in [0.2, 0.25) is 0 Å². The number of benzene rings is 1. The molecule has 1 atom stereocenters. The largest absolute Gasteiger partial charge is 0.467 e. The second-order valence-electron chi connectivity index (χ2n) is 4.36. The fourth-order valence-electron chi connectivity index (χ4n) is 2.16. The number of hydrogen-bond acceptors (Lipinski definition) is 2. The van der Waals surface area contributed by atoms with E-state index in [1.165, 1.54) is 6.07 Å². The van der Waals surface area contributed by atoms with Crippen molar-refractivity contribution in [1.82, 2.24) is 9.55 Å². The van der Waals surface area contributed by atoms with Gasteiger partial charge in [-0.05, 0) is 31.2 Å². The van der Waals surface area contributed by atoms with Gasteiger partial charge in [-0.25, -0.2) is 9.37 Å². The number of halogens is 2. The van der Waals surface area contributed by atoms with E-state index >= 15 is 0 Å². The van der Waals surface area contributed by atoms with Crippen molar-refractivity contribution in [2.24, 2.45) is 0 Å². The zero-order valence-corrected chi connectivity index (χ0v) is 11.1. The summed E-state index contributed by atoms with van der Waals surface area (Å²) >= 11 is 6.14. The molecule has 0 amide bonds. The van der Waals surface area contributed by atoms with Gasteiger partial charge in [0.05, 0.1) is 23.7 Å². The highest BCUT2D eigenvalue weighted by molar-refractivity contribution is 6.20. The van der Waals surface area contributed by atoms with Crippen molar-refractivity contribution in [2.45, 2.75) is 18.8 Å². The lowest BCUT2D eigenvalue weighted by Crippen LogP contribution is -2.05. The quantitative estimate of drug-likeness (QED) is 0.675. The van der Waals surface area contributed by atoms with Crippen LogP contribution in [0.1, 0.15) is 23.9 Å². The normalized spacial score (nSPS) is 13.0. The maximum absolute atomic E-state index is 13.8. The van der Waals surface area contributed by atoms with E-state index in [-0.39, 0.29) is 11.2 Å². The van der Waals surface area contributed by atoms with E-state index in [4.69, 9.17) is 16.0 Å². The third-order valence-electron chi connectivity index (χ3n) is 3.01. The molecule has 1 aromatic carbocycles. The summed E-state index contributed by atoms with van der Waals surface area (Å²) in [6.45, 7) is 2.30. The number of rotatable bonds is 3. The van der Waals surface area contributed by atoms with E-state index in [1.807, 2.05) is 29.7 Å². The predicted molar refractivity (Wildman–Crippen MR) is 71.8 cm³/mol. The standard InChI is InChI=1S/C14H12ClFN2O/c1-9(15)14-17-13-11(16)5-2-6-12(13)18(14)8-10-4-3-7-19-10/h2-7,9H,8H2,1H3. The van der Waals surface area contributed by atoms with Gasteiger partial charge in [0.15, 0.2) is 5.82 Å². The minimum Gasteiger partial charge on any atom is -0.467 e. The molecule has 0 saturated carbocycles. The summed E-state index contributed by atoms with van der Waals surface area (Å²) in [5.41, 5.74) is 1.07. The Bertz CT molecular complexity index is 704. The Morgan fingerprint density at radius 3 is 2.89 bits per heavy atom. The molecule has 0 fully saturated rings. The van der Waals surface area contributed by atoms with Crippen LogP contribution in [0.5, 0.6) is 0 Å². The van der Waals surface area contributed by atoms with Crippen molar-refractivity contribution < 1.29 is 8.81 Å².